The molecule has 0 N–H and O–H groups in total. The van der Waals surface area contributed by atoms with Crippen molar-refractivity contribution in [3.05, 3.63) is 0 Å². The molecule has 0 aliphatic rings. The van der Waals surface area contributed by atoms with E-state index in [-0.39, 0.29) is 0 Å². The highest BCUT2D eigenvalue weighted by Crippen LogP contribution is 2.07. The Morgan fingerprint density at radius 1 is 0.579 bits per heavy atom. The lowest BCUT2D eigenvalue weighted by molar-refractivity contribution is 0.585. The molecule has 0 spiro atoms. The van der Waals surface area contributed by atoms with Crippen LogP contribution in [0.1, 0.15) is 92.9 Å². The van der Waals surface area contributed by atoms with Gasteiger partial charge in [0.15, 0.2) is 0 Å². The Morgan fingerprint density at radius 3 is 1.16 bits per heavy atom. The molecule has 0 aromatic carbocycles. The lowest BCUT2D eigenvalue weighted by Gasteiger charge is -2.03. The summed E-state index contributed by atoms with van der Waals surface area (Å²) in [5.74, 6) is 1.91. The first kappa shape index (κ1) is 21.8. The molecule has 0 saturated heterocycles. The summed E-state index contributed by atoms with van der Waals surface area (Å²) in [6.07, 6.45) is 11.5. The van der Waals surface area contributed by atoms with Crippen molar-refractivity contribution in [1.29, 1.82) is 0 Å². The van der Waals surface area contributed by atoms with E-state index in [1.54, 1.807) is 0 Å². The Balaban J connectivity index is 0. The predicted octanol–water partition coefficient (Wildman–Crippen LogP) is 6.72. The van der Waals surface area contributed by atoms with Crippen molar-refractivity contribution in [2.75, 3.05) is 0 Å². The van der Waals surface area contributed by atoms with Crippen molar-refractivity contribution in [3.63, 3.8) is 0 Å². The van der Waals surface area contributed by atoms with Gasteiger partial charge in [-0.2, -0.15) is 0 Å². The molecule has 1 heteroatoms. The average Bonchev–Trinajstić information content (AvgIpc) is 2.33. The molecule has 0 fully saturated rings. The van der Waals surface area contributed by atoms with E-state index in [1.807, 2.05) is 0 Å². The summed E-state index contributed by atoms with van der Waals surface area (Å²) in [4.78, 5) is 0. The maximum atomic E-state index is 2.33. The molecule has 0 nitrogen and oxygen atoms in total. The summed E-state index contributed by atoms with van der Waals surface area (Å²) >= 11 is 0.316. The van der Waals surface area contributed by atoms with Gasteiger partial charge in [0.05, 0.1) is 0 Å². The third-order valence-electron chi connectivity index (χ3n) is 3.52. The minimum Gasteiger partial charge on any atom is -0.0950 e. The lowest BCUT2D eigenvalue weighted by Crippen LogP contribution is -1.99. The summed E-state index contributed by atoms with van der Waals surface area (Å²) in [6.45, 7) is 13.8. The molecule has 0 amide bonds. The average molecular weight is 285 g/mol. The zero-order chi connectivity index (χ0) is 14.9. The maximum Gasteiger partial charge on any atom is 0.237 e. The second-order valence-electron chi connectivity index (χ2n) is 6.84. The fraction of sp³-hybridized carbons (Fsp3) is 1.00. The molecule has 0 aromatic rings. The van der Waals surface area contributed by atoms with Gasteiger partial charge in [-0.15, -0.1) is 0 Å². The van der Waals surface area contributed by atoms with Crippen LogP contribution in [0.2, 0.25) is 10.6 Å². The van der Waals surface area contributed by atoms with E-state index in [2.05, 4.69) is 41.5 Å². The second kappa shape index (κ2) is 18.5. The maximum absolute atomic E-state index is 2.33. The van der Waals surface area contributed by atoms with Crippen molar-refractivity contribution in [2.24, 2.45) is 11.8 Å². The predicted molar refractivity (Wildman–Crippen MR) is 94.7 cm³/mol. The quantitative estimate of drug-likeness (QED) is 0.292. The second-order valence-corrected chi connectivity index (χ2v) is 8.70. The molecular weight excluding hydrogens is 243 g/mol. The molecule has 0 aromatic heterocycles. The molecule has 116 valence electrons. The van der Waals surface area contributed by atoms with Crippen LogP contribution in [-0.4, -0.2) is 15.2 Å². The van der Waals surface area contributed by atoms with E-state index in [0.717, 1.165) is 11.8 Å². The highest BCUT2D eigenvalue weighted by molar-refractivity contribution is 6.35. The van der Waals surface area contributed by atoms with Crippen molar-refractivity contribution >= 4 is 15.2 Å². The van der Waals surface area contributed by atoms with E-state index in [9.17, 15) is 0 Å². The lowest BCUT2D eigenvalue weighted by atomic mass is 10.1. The molecule has 0 radical (unpaired) electrons. The molecule has 19 heavy (non-hydrogen) atoms. The van der Waals surface area contributed by atoms with Gasteiger partial charge >= 0.3 is 0 Å². The summed E-state index contributed by atoms with van der Waals surface area (Å²) in [5, 5.41) is 3.08. The van der Waals surface area contributed by atoms with Crippen LogP contribution in [0.25, 0.3) is 0 Å². The Labute approximate surface area is 130 Å². The first-order valence-corrected chi connectivity index (χ1v) is 11.0. The van der Waals surface area contributed by atoms with Crippen LogP contribution in [0.15, 0.2) is 0 Å². The molecule has 0 unspecified atom stereocenters. The Bertz CT molecular complexity index is 125. The van der Waals surface area contributed by atoms with E-state index in [0.29, 0.717) is 15.2 Å². The molecular formula is C18H41Al. The summed E-state index contributed by atoms with van der Waals surface area (Å²) < 4.78 is 0. The topological polar surface area (TPSA) is 0 Å². The SMILES string of the molecule is CC(C)[CH2][AlH][CH2]C(C)C.CCCCCCCCCC. The van der Waals surface area contributed by atoms with E-state index in [4.69, 9.17) is 0 Å². The van der Waals surface area contributed by atoms with Crippen LogP contribution < -0.4 is 0 Å². The summed E-state index contributed by atoms with van der Waals surface area (Å²) in [6, 6.07) is 0. The van der Waals surface area contributed by atoms with Crippen LogP contribution in [0.3, 0.4) is 0 Å². The van der Waals surface area contributed by atoms with Gasteiger partial charge in [-0.25, -0.2) is 0 Å². The van der Waals surface area contributed by atoms with Crippen molar-refractivity contribution < 1.29 is 0 Å². The summed E-state index contributed by atoms with van der Waals surface area (Å²) in [5.41, 5.74) is 0. The molecule has 0 aliphatic heterocycles. The molecule has 0 saturated carbocycles. The zero-order valence-corrected chi connectivity index (χ0v) is 16.3. The van der Waals surface area contributed by atoms with Crippen LogP contribution in [0.4, 0.5) is 0 Å². The fourth-order valence-electron chi connectivity index (χ4n) is 2.14. The van der Waals surface area contributed by atoms with Gasteiger partial charge in [0.25, 0.3) is 0 Å². The third-order valence-corrected chi connectivity index (χ3v) is 6.65. The monoisotopic (exact) mass is 284 g/mol. The van der Waals surface area contributed by atoms with Gasteiger partial charge in [0.1, 0.15) is 0 Å². The van der Waals surface area contributed by atoms with E-state index < -0.39 is 0 Å². The van der Waals surface area contributed by atoms with Crippen LogP contribution in [0.5, 0.6) is 0 Å². The minimum atomic E-state index is 0.316. The minimum absolute atomic E-state index is 0.316. The highest BCUT2D eigenvalue weighted by atomic mass is 27.1. The van der Waals surface area contributed by atoms with Gasteiger partial charge in [-0.3, -0.25) is 0 Å². The van der Waals surface area contributed by atoms with Gasteiger partial charge < -0.3 is 0 Å². The van der Waals surface area contributed by atoms with Crippen LogP contribution >= 0.6 is 0 Å². The van der Waals surface area contributed by atoms with Crippen LogP contribution in [-0.2, 0) is 0 Å². The number of hydrogen-bond acceptors (Lipinski definition) is 0. The van der Waals surface area contributed by atoms with Crippen molar-refractivity contribution in [2.45, 2.75) is 103 Å². The normalized spacial score (nSPS) is 10.5. The third kappa shape index (κ3) is 27.7. The molecule has 0 aliphatic carbocycles. The number of hydrogen-bond donors (Lipinski definition) is 0. The standard InChI is InChI=1S/C10H22.2C4H9.Al.H/c1-3-5-7-9-10-8-6-4-2;2*1-4(2)3;;/h3-10H2,1-2H3;2*4H,1H2,2-3H3;;. The Morgan fingerprint density at radius 2 is 0.895 bits per heavy atom. The molecule has 0 atom stereocenters. The van der Waals surface area contributed by atoms with Gasteiger partial charge in [0.2, 0.25) is 15.2 Å². The Hall–Kier alpha value is 0.532. The Kier molecular flexibility index (Phi) is 21.3. The first-order chi connectivity index (χ1) is 9.04. The number of rotatable bonds is 11. The molecule has 0 heterocycles. The summed E-state index contributed by atoms with van der Waals surface area (Å²) in [7, 11) is 0. The highest BCUT2D eigenvalue weighted by Gasteiger charge is 1.99. The van der Waals surface area contributed by atoms with Gasteiger partial charge in [-0.05, 0) is 0 Å². The zero-order valence-electron chi connectivity index (χ0n) is 14.9. The van der Waals surface area contributed by atoms with E-state index in [1.165, 1.54) is 61.9 Å². The number of unbranched alkanes of at least 4 members (excludes halogenated alkanes) is 7. The van der Waals surface area contributed by atoms with Crippen molar-refractivity contribution in [1.82, 2.24) is 0 Å². The molecule has 0 rings (SSSR count). The van der Waals surface area contributed by atoms with E-state index >= 15 is 0 Å². The van der Waals surface area contributed by atoms with Gasteiger partial charge in [0, 0.05) is 0 Å². The fourth-order valence-corrected chi connectivity index (χ4v) is 4.01. The van der Waals surface area contributed by atoms with Crippen LogP contribution in [0, 0.1) is 11.8 Å². The van der Waals surface area contributed by atoms with Crippen molar-refractivity contribution in [3.8, 4) is 0 Å². The van der Waals surface area contributed by atoms with Gasteiger partial charge in [-0.1, -0.05) is 115 Å². The first-order valence-electron chi connectivity index (χ1n) is 9.04. The smallest absolute Gasteiger partial charge is 0.0950 e. The molecule has 0 bridgehead atoms. The largest absolute Gasteiger partial charge is 0.237 e.